The summed E-state index contributed by atoms with van der Waals surface area (Å²) in [5.41, 5.74) is 1.04. The number of pyridine rings is 1. The third-order valence-electron chi connectivity index (χ3n) is 1.92. The zero-order chi connectivity index (χ0) is 13.8. The number of ether oxygens (including phenoxy) is 1. The average molecular weight is 243 g/mol. The molecule has 0 spiro atoms. The van der Waals surface area contributed by atoms with Crippen molar-refractivity contribution in [3.05, 3.63) is 67.4 Å². The Morgan fingerprint density at radius 3 is 2.17 bits per heavy atom. The fourth-order valence-corrected chi connectivity index (χ4v) is 1.18. The number of aryl methyl sites for hydroxylation is 1. The zero-order valence-electron chi connectivity index (χ0n) is 10.5. The van der Waals surface area contributed by atoms with Crippen LogP contribution < -0.4 is 4.74 Å². The van der Waals surface area contributed by atoms with Gasteiger partial charge in [0.2, 0.25) is 5.88 Å². The summed E-state index contributed by atoms with van der Waals surface area (Å²) in [4.78, 5) is 12.2. The van der Waals surface area contributed by atoms with E-state index in [1.807, 2.05) is 56.2 Å². The van der Waals surface area contributed by atoms with Gasteiger partial charge in [-0.25, -0.2) is 4.98 Å². The van der Waals surface area contributed by atoms with Crippen LogP contribution in [0.15, 0.2) is 61.8 Å². The van der Waals surface area contributed by atoms with Gasteiger partial charge in [-0.1, -0.05) is 24.3 Å². The first kappa shape index (κ1) is 15.6. The van der Waals surface area contributed by atoms with Crippen LogP contribution in [0.5, 0.6) is 11.6 Å². The van der Waals surface area contributed by atoms with E-state index >= 15 is 0 Å². The second kappa shape index (κ2) is 9.78. The van der Waals surface area contributed by atoms with Gasteiger partial charge in [0.05, 0.1) is 0 Å². The molecule has 3 nitrogen and oxygen atoms in total. The molecule has 18 heavy (non-hydrogen) atoms. The lowest BCUT2D eigenvalue weighted by molar-refractivity contribution is -0.0979. The number of benzene rings is 1. The van der Waals surface area contributed by atoms with Gasteiger partial charge in [-0.3, -0.25) is 0 Å². The molecule has 0 N–H and O–H groups in total. The van der Waals surface area contributed by atoms with E-state index in [4.69, 9.17) is 9.53 Å². The van der Waals surface area contributed by atoms with Crippen LogP contribution in [0.2, 0.25) is 0 Å². The summed E-state index contributed by atoms with van der Waals surface area (Å²) in [7, 11) is 0. The third-order valence-corrected chi connectivity index (χ3v) is 1.92. The van der Waals surface area contributed by atoms with Crippen molar-refractivity contribution in [1.29, 1.82) is 0 Å². The number of para-hydroxylation sites is 1. The van der Waals surface area contributed by atoms with Gasteiger partial charge in [-0.15, -0.1) is 13.2 Å². The summed E-state index contributed by atoms with van der Waals surface area (Å²) < 4.78 is 5.60. The molecular formula is C15H17NO2. The van der Waals surface area contributed by atoms with Gasteiger partial charge in [0.1, 0.15) is 12.5 Å². The molecule has 2 rings (SSSR count). The summed E-state index contributed by atoms with van der Waals surface area (Å²) in [6.07, 6.45) is 1.73. The van der Waals surface area contributed by atoms with Gasteiger partial charge in [0, 0.05) is 11.8 Å². The average Bonchev–Trinajstić information content (AvgIpc) is 2.47. The predicted molar refractivity (Wildman–Crippen MR) is 73.9 cm³/mol. The molecule has 0 amide bonds. The molecule has 0 saturated heterocycles. The molecule has 3 heteroatoms. The Morgan fingerprint density at radius 2 is 1.61 bits per heavy atom. The van der Waals surface area contributed by atoms with Crippen molar-refractivity contribution in [3.63, 3.8) is 0 Å². The standard InChI is InChI=1S/C12H11NO.C2H4.CH2O/c1-10-6-5-9-13-12(10)14-11-7-3-2-4-8-11;2*1-2/h2-9H,1H3;1-2H2;1H2. The first-order valence-corrected chi connectivity index (χ1v) is 5.29. The molecule has 0 aliphatic rings. The van der Waals surface area contributed by atoms with Gasteiger partial charge in [0.15, 0.2) is 0 Å². The summed E-state index contributed by atoms with van der Waals surface area (Å²) in [5, 5.41) is 0. The number of hydrogen-bond acceptors (Lipinski definition) is 3. The van der Waals surface area contributed by atoms with E-state index in [-0.39, 0.29) is 0 Å². The number of aromatic nitrogens is 1. The number of carbonyl (C=O) groups excluding carboxylic acids is 1. The molecule has 2 aromatic rings. The predicted octanol–water partition coefficient (Wildman–Crippen LogP) is 3.80. The molecule has 0 unspecified atom stereocenters. The normalized spacial score (nSPS) is 8.06. The monoisotopic (exact) mass is 243 g/mol. The highest BCUT2D eigenvalue weighted by atomic mass is 16.5. The van der Waals surface area contributed by atoms with Crippen LogP contribution in [0.25, 0.3) is 0 Å². The molecule has 94 valence electrons. The Kier molecular flexibility index (Phi) is 8.47. The van der Waals surface area contributed by atoms with E-state index in [9.17, 15) is 0 Å². The van der Waals surface area contributed by atoms with Crippen LogP contribution >= 0.6 is 0 Å². The molecule has 0 aliphatic carbocycles. The fraction of sp³-hybridized carbons (Fsp3) is 0.0667. The number of carbonyl (C=O) groups is 1. The first-order valence-electron chi connectivity index (χ1n) is 5.29. The molecule has 1 aromatic carbocycles. The van der Waals surface area contributed by atoms with Crippen LogP contribution in [0.4, 0.5) is 0 Å². The van der Waals surface area contributed by atoms with Gasteiger partial charge in [-0.2, -0.15) is 0 Å². The van der Waals surface area contributed by atoms with Crippen LogP contribution in [0, 0.1) is 6.92 Å². The maximum Gasteiger partial charge on any atom is 0.222 e. The molecule has 0 atom stereocenters. The van der Waals surface area contributed by atoms with E-state index in [1.165, 1.54) is 0 Å². The van der Waals surface area contributed by atoms with Crippen molar-refractivity contribution in [1.82, 2.24) is 4.98 Å². The number of rotatable bonds is 2. The Labute approximate surface area is 108 Å². The van der Waals surface area contributed by atoms with Crippen LogP contribution in [0.1, 0.15) is 5.56 Å². The largest absolute Gasteiger partial charge is 0.439 e. The van der Waals surface area contributed by atoms with Gasteiger partial charge < -0.3 is 9.53 Å². The Bertz CT molecular complexity index is 441. The van der Waals surface area contributed by atoms with E-state index in [1.54, 1.807) is 6.20 Å². The van der Waals surface area contributed by atoms with Gasteiger partial charge >= 0.3 is 0 Å². The maximum atomic E-state index is 8.00. The maximum absolute atomic E-state index is 8.00. The molecule has 0 radical (unpaired) electrons. The van der Waals surface area contributed by atoms with Crippen molar-refractivity contribution in [2.75, 3.05) is 0 Å². The highest BCUT2D eigenvalue weighted by Crippen LogP contribution is 2.21. The highest BCUT2D eigenvalue weighted by Gasteiger charge is 1.99. The smallest absolute Gasteiger partial charge is 0.222 e. The zero-order valence-corrected chi connectivity index (χ0v) is 10.5. The van der Waals surface area contributed by atoms with Crippen LogP contribution in [-0.4, -0.2) is 11.8 Å². The highest BCUT2D eigenvalue weighted by molar-refractivity contribution is 5.30. The van der Waals surface area contributed by atoms with Crippen LogP contribution in [0.3, 0.4) is 0 Å². The molecule has 0 saturated carbocycles. The minimum absolute atomic E-state index is 0.665. The molecule has 0 aliphatic heterocycles. The van der Waals surface area contributed by atoms with Crippen molar-refractivity contribution >= 4 is 6.79 Å². The fourth-order valence-electron chi connectivity index (χ4n) is 1.18. The molecule has 1 aromatic heterocycles. The summed E-state index contributed by atoms with van der Waals surface area (Å²) in [6.45, 7) is 9.98. The van der Waals surface area contributed by atoms with E-state index in [0.29, 0.717) is 5.88 Å². The summed E-state index contributed by atoms with van der Waals surface area (Å²) in [5.74, 6) is 1.48. The minimum atomic E-state index is 0.665. The number of hydrogen-bond donors (Lipinski definition) is 0. The summed E-state index contributed by atoms with van der Waals surface area (Å²) >= 11 is 0. The van der Waals surface area contributed by atoms with Crippen molar-refractivity contribution in [3.8, 4) is 11.6 Å². The number of nitrogens with zero attached hydrogens (tertiary/aromatic N) is 1. The Balaban J connectivity index is 0.000000659. The lowest BCUT2D eigenvalue weighted by Crippen LogP contribution is -1.89. The second-order valence-corrected chi connectivity index (χ2v) is 3.04. The van der Waals surface area contributed by atoms with E-state index < -0.39 is 0 Å². The molecular weight excluding hydrogens is 226 g/mol. The topological polar surface area (TPSA) is 39.2 Å². The van der Waals surface area contributed by atoms with Gasteiger partial charge in [-0.05, 0) is 25.1 Å². The van der Waals surface area contributed by atoms with Crippen LogP contribution in [-0.2, 0) is 4.79 Å². The minimum Gasteiger partial charge on any atom is -0.439 e. The SMILES string of the molecule is C=C.C=O.Cc1cccnc1Oc1ccccc1. The lowest BCUT2D eigenvalue weighted by Gasteiger charge is -2.05. The molecule has 0 fully saturated rings. The van der Waals surface area contributed by atoms with Crippen molar-refractivity contribution < 1.29 is 9.53 Å². The lowest BCUT2D eigenvalue weighted by atomic mass is 10.3. The second-order valence-electron chi connectivity index (χ2n) is 3.04. The van der Waals surface area contributed by atoms with E-state index in [0.717, 1.165) is 11.3 Å². The Hall–Kier alpha value is -2.42. The van der Waals surface area contributed by atoms with E-state index in [2.05, 4.69) is 18.1 Å². The molecule has 0 bridgehead atoms. The van der Waals surface area contributed by atoms with Crippen molar-refractivity contribution in [2.45, 2.75) is 6.92 Å². The van der Waals surface area contributed by atoms with Gasteiger partial charge in [0.25, 0.3) is 0 Å². The first-order chi connectivity index (χ1) is 8.86. The quantitative estimate of drug-likeness (QED) is 0.753. The van der Waals surface area contributed by atoms with Crippen molar-refractivity contribution in [2.24, 2.45) is 0 Å². The third kappa shape index (κ3) is 5.07. The Morgan fingerprint density at radius 1 is 1.00 bits per heavy atom. The summed E-state index contributed by atoms with van der Waals surface area (Å²) in [6, 6.07) is 13.5. The molecule has 1 heterocycles.